The zero-order valence-electron chi connectivity index (χ0n) is 7.26. The molecule has 0 atom stereocenters. The normalized spacial score (nSPS) is 26.9. The van der Waals surface area contributed by atoms with Crippen molar-refractivity contribution in [1.82, 2.24) is 0 Å². The molecule has 1 aliphatic rings. The topological polar surface area (TPSA) is 0 Å². The molecule has 0 aliphatic heterocycles. The van der Waals surface area contributed by atoms with Gasteiger partial charge >= 0.3 is 0 Å². The van der Waals surface area contributed by atoms with Crippen molar-refractivity contribution in [2.45, 2.75) is 44.9 Å². The fourth-order valence-electron chi connectivity index (χ4n) is 1.40. The van der Waals surface area contributed by atoms with Crippen LogP contribution in [0, 0.1) is 0 Å². The lowest BCUT2D eigenvalue weighted by molar-refractivity contribution is 0.623. The van der Waals surface area contributed by atoms with Crippen molar-refractivity contribution in [2.75, 3.05) is 0 Å². The smallest absolute Gasteiger partial charge is 0.0348 e. The summed E-state index contributed by atoms with van der Waals surface area (Å²) in [5.74, 6) is 0. The van der Waals surface area contributed by atoms with Gasteiger partial charge in [0.1, 0.15) is 0 Å². The Hall–Kier alpha value is -0.520. The molecule has 0 amide bonds. The maximum Gasteiger partial charge on any atom is -0.0348 e. The highest BCUT2D eigenvalue weighted by Gasteiger charge is 1.89. The van der Waals surface area contributed by atoms with E-state index >= 15 is 0 Å². The largest absolute Gasteiger partial charge is 0.0845 e. The van der Waals surface area contributed by atoms with Crippen LogP contribution in [0.4, 0.5) is 0 Å². The quantitative estimate of drug-likeness (QED) is 0.492. The lowest BCUT2D eigenvalue weighted by atomic mass is 10.1. The van der Waals surface area contributed by atoms with Crippen molar-refractivity contribution in [1.29, 1.82) is 0 Å². The molecule has 11 heavy (non-hydrogen) atoms. The van der Waals surface area contributed by atoms with E-state index in [4.69, 9.17) is 0 Å². The minimum atomic E-state index is 1.27. The minimum absolute atomic E-state index is 1.27. The summed E-state index contributed by atoms with van der Waals surface area (Å²) >= 11 is 0. The lowest BCUT2D eigenvalue weighted by Crippen LogP contribution is -1.76. The summed E-state index contributed by atoms with van der Waals surface area (Å²) in [5, 5.41) is 0. The van der Waals surface area contributed by atoms with Crippen molar-refractivity contribution in [3.8, 4) is 0 Å². The molecular weight excluding hydrogens is 132 g/mol. The monoisotopic (exact) mass is 150 g/mol. The first-order valence-corrected chi connectivity index (χ1v) is 4.82. The summed E-state index contributed by atoms with van der Waals surface area (Å²) in [6, 6.07) is 0. The van der Waals surface area contributed by atoms with Gasteiger partial charge < -0.3 is 0 Å². The first-order chi connectivity index (χ1) is 5.50. The van der Waals surface area contributed by atoms with Crippen molar-refractivity contribution in [2.24, 2.45) is 0 Å². The molecule has 0 saturated carbocycles. The first kappa shape index (κ1) is 8.58. The molecule has 0 aromatic rings. The predicted molar refractivity (Wildman–Crippen MR) is 50.6 cm³/mol. The molecule has 0 bridgehead atoms. The Kier molecular flexibility index (Phi) is 4.84. The molecule has 0 heteroatoms. The minimum Gasteiger partial charge on any atom is -0.0845 e. The van der Waals surface area contributed by atoms with E-state index in [-0.39, 0.29) is 0 Å². The van der Waals surface area contributed by atoms with Gasteiger partial charge in [0.05, 0.1) is 0 Å². The van der Waals surface area contributed by atoms with E-state index in [1.54, 1.807) is 0 Å². The number of hydrogen-bond acceptors (Lipinski definition) is 0. The van der Waals surface area contributed by atoms with Gasteiger partial charge in [-0.15, -0.1) is 0 Å². The van der Waals surface area contributed by atoms with Crippen LogP contribution < -0.4 is 0 Å². The van der Waals surface area contributed by atoms with E-state index in [0.29, 0.717) is 0 Å². The molecule has 0 fully saturated rings. The van der Waals surface area contributed by atoms with Crippen LogP contribution in [0.3, 0.4) is 0 Å². The third-order valence-corrected chi connectivity index (χ3v) is 2.12. The van der Waals surface area contributed by atoms with E-state index < -0.39 is 0 Å². The molecular formula is C11H18. The summed E-state index contributed by atoms with van der Waals surface area (Å²) in [6.45, 7) is 0. The third-order valence-electron chi connectivity index (χ3n) is 2.12. The van der Waals surface area contributed by atoms with Crippen LogP contribution >= 0.6 is 0 Å². The van der Waals surface area contributed by atoms with Crippen LogP contribution in [0.25, 0.3) is 0 Å². The Morgan fingerprint density at radius 1 is 0.545 bits per heavy atom. The molecule has 1 rings (SSSR count). The van der Waals surface area contributed by atoms with Gasteiger partial charge in [-0.1, -0.05) is 43.6 Å². The summed E-state index contributed by atoms with van der Waals surface area (Å²) in [4.78, 5) is 0. The van der Waals surface area contributed by atoms with Crippen molar-refractivity contribution < 1.29 is 0 Å². The van der Waals surface area contributed by atoms with Crippen molar-refractivity contribution in [3.05, 3.63) is 24.3 Å². The molecule has 0 aromatic heterocycles. The second-order valence-corrected chi connectivity index (χ2v) is 3.20. The molecule has 1 aliphatic carbocycles. The Morgan fingerprint density at radius 3 is 1.55 bits per heavy atom. The van der Waals surface area contributed by atoms with Gasteiger partial charge in [0, 0.05) is 0 Å². The van der Waals surface area contributed by atoms with Gasteiger partial charge in [0.25, 0.3) is 0 Å². The number of hydrogen-bond donors (Lipinski definition) is 0. The van der Waals surface area contributed by atoms with Crippen LogP contribution in [0.1, 0.15) is 44.9 Å². The molecule has 62 valence electrons. The van der Waals surface area contributed by atoms with Crippen LogP contribution in [-0.4, -0.2) is 0 Å². The van der Waals surface area contributed by atoms with E-state index in [0.717, 1.165) is 0 Å². The Morgan fingerprint density at radius 2 is 1.00 bits per heavy atom. The van der Waals surface area contributed by atoms with E-state index in [1.807, 2.05) is 0 Å². The van der Waals surface area contributed by atoms with Gasteiger partial charge in [-0.25, -0.2) is 0 Å². The SMILES string of the molecule is C1=C\CCCCCCC\C=C/1. The van der Waals surface area contributed by atoms with Crippen molar-refractivity contribution in [3.63, 3.8) is 0 Å². The number of allylic oxidation sites excluding steroid dienone is 4. The van der Waals surface area contributed by atoms with Crippen LogP contribution in [0.2, 0.25) is 0 Å². The van der Waals surface area contributed by atoms with Crippen LogP contribution in [0.5, 0.6) is 0 Å². The van der Waals surface area contributed by atoms with Crippen LogP contribution in [0.15, 0.2) is 24.3 Å². The van der Waals surface area contributed by atoms with Gasteiger partial charge in [-0.3, -0.25) is 0 Å². The summed E-state index contributed by atoms with van der Waals surface area (Å²) in [6.07, 6.45) is 18.5. The zero-order valence-corrected chi connectivity index (χ0v) is 7.26. The summed E-state index contributed by atoms with van der Waals surface area (Å²) in [7, 11) is 0. The molecule has 0 unspecified atom stereocenters. The van der Waals surface area contributed by atoms with Gasteiger partial charge in [0.2, 0.25) is 0 Å². The summed E-state index contributed by atoms with van der Waals surface area (Å²) < 4.78 is 0. The highest BCUT2D eigenvalue weighted by Crippen LogP contribution is 2.09. The Balaban J connectivity index is 2.22. The van der Waals surface area contributed by atoms with Crippen LogP contribution in [-0.2, 0) is 0 Å². The first-order valence-electron chi connectivity index (χ1n) is 4.82. The predicted octanol–water partition coefficient (Wildman–Crippen LogP) is 3.84. The number of rotatable bonds is 0. The molecule has 0 saturated heterocycles. The standard InChI is InChI=1S/C11H18/c1-2-4-6-8-10-11-9-7-5-3-1/h1-4H,5-11H2/b3-1-,4-2-. The average molecular weight is 150 g/mol. The molecule has 0 radical (unpaired) electrons. The Labute approximate surface area is 70.0 Å². The molecule has 0 heterocycles. The fourth-order valence-corrected chi connectivity index (χ4v) is 1.40. The van der Waals surface area contributed by atoms with Gasteiger partial charge in [-0.2, -0.15) is 0 Å². The molecule has 0 N–H and O–H groups in total. The highest BCUT2D eigenvalue weighted by molar-refractivity contribution is 5.02. The molecule has 0 aromatic carbocycles. The van der Waals surface area contributed by atoms with Gasteiger partial charge in [0.15, 0.2) is 0 Å². The molecule has 0 nitrogen and oxygen atoms in total. The van der Waals surface area contributed by atoms with E-state index in [9.17, 15) is 0 Å². The Bertz CT molecular complexity index is 115. The second-order valence-electron chi connectivity index (χ2n) is 3.20. The molecule has 0 spiro atoms. The lowest BCUT2D eigenvalue weighted by Gasteiger charge is -1.96. The zero-order chi connectivity index (χ0) is 7.78. The van der Waals surface area contributed by atoms with Gasteiger partial charge in [-0.05, 0) is 25.7 Å². The van der Waals surface area contributed by atoms with E-state index in [2.05, 4.69) is 24.3 Å². The highest BCUT2D eigenvalue weighted by atomic mass is 14.0. The van der Waals surface area contributed by atoms with Crippen molar-refractivity contribution >= 4 is 0 Å². The maximum absolute atomic E-state index is 2.28. The second kappa shape index (κ2) is 6.21. The average Bonchev–Trinajstić information content (AvgIpc) is 2.08. The van der Waals surface area contributed by atoms with E-state index in [1.165, 1.54) is 44.9 Å². The summed E-state index contributed by atoms with van der Waals surface area (Å²) in [5.41, 5.74) is 0. The maximum atomic E-state index is 2.28. The fraction of sp³-hybridized carbons (Fsp3) is 0.636. The third kappa shape index (κ3) is 4.83.